The molecule has 0 aliphatic rings. The molecule has 1 unspecified atom stereocenters. The Balaban J connectivity index is 4.43. The lowest BCUT2D eigenvalue weighted by Crippen LogP contribution is -2.19. The van der Waals surface area contributed by atoms with Crippen LogP contribution in [0.15, 0.2) is 34.7 Å². The molecule has 0 amide bonds. The molecule has 10 heteroatoms. The van der Waals surface area contributed by atoms with E-state index in [1.165, 1.54) is 18.1 Å². The van der Waals surface area contributed by atoms with Crippen molar-refractivity contribution in [3.05, 3.63) is 34.7 Å². The van der Waals surface area contributed by atoms with Gasteiger partial charge < -0.3 is 23.8 Å². The predicted molar refractivity (Wildman–Crippen MR) is 87.7 cm³/mol. The predicted octanol–water partition coefficient (Wildman–Crippen LogP) is 3.03. The summed E-state index contributed by atoms with van der Waals surface area (Å²) in [4.78, 5) is 31.5. The van der Waals surface area contributed by atoms with Crippen LogP contribution in [0.3, 0.4) is 0 Å². The van der Waals surface area contributed by atoms with Crippen LogP contribution in [0, 0.1) is 0 Å². The van der Waals surface area contributed by atoms with E-state index in [0.717, 1.165) is 12.8 Å². The van der Waals surface area contributed by atoms with Gasteiger partial charge in [-0.05, 0) is 59.0 Å². The van der Waals surface area contributed by atoms with Crippen molar-refractivity contribution in [3.8, 4) is 0 Å². The van der Waals surface area contributed by atoms with E-state index in [-0.39, 0.29) is 5.57 Å². The van der Waals surface area contributed by atoms with Gasteiger partial charge in [-0.1, -0.05) is 23.3 Å². The minimum atomic E-state index is -5.77. The molecule has 0 aromatic carbocycles. The summed E-state index contributed by atoms with van der Waals surface area (Å²) in [5, 5.41) is 0. The standard InChI is InChI=1S/C15H27FO7P2/c1-12(2)7-5-8-13(3)9-6-10-14(4)15(16)11-22-25(20,21)23-24(17,18)19/h7,9H,5-6,8,10-11H2,1-4H3,(H,20,21)(H2,17,18,19)/p-3/b13-9+,15-14-. The molecule has 0 aromatic heterocycles. The first-order chi connectivity index (χ1) is 11.3. The zero-order valence-electron chi connectivity index (χ0n) is 14.8. The molecule has 146 valence electrons. The average molecular weight is 397 g/mol. The van der Waals surface area contributed by atoms with Gasteiger partial charge in [-0.25, -0.2) is 4.39 Å². The highest BCUT2D eigenvalue weighted by molar-refractivity contribution is 7.58. The first-order valence-electron chi connectivity index (χ1n) is 7.64. The van der Waals surface area contributed by atoms with Crippen molar-refractivity contribution < 1.29 is 37.0 Å². The smallest absolute Gasteiger partial charge is 0.272 e. The zero-order valence-corrected chi connectivity index (χ0v) is 16.6. The van der Waals surface area contributed by atoms with Crippen LogP contribution in [0.25, 0.3) is 0 Å². The van der Waals surface area contributed by atoms with Crippen LogP contribution in [0.2, 0.25) is 0 Å². The number of rotatable bonds is 11. The molecular weight excluding hydrogens is 373 g/mol. The summed E-state index contributed by atoms with van der Waals surface area (Å²) >= 11 is 0. The second-order valence-corrected chi connectivity index (χ2v) is 8.54. The lowest BCUT2D eigenvalue weighted by atomic mass is 10.1. The highest BCUT2D eigenvalue weighted by Gasteiger charge is 2.13. The molecule has 0 saturated heterocycles. The van der Waals surface area contributed by atoms with E-state index in [4.69, 9.17) is 0 Å². The van der Waals surface area contributed by atoms with Gasteiger partial charge in [0, 0.05) is 0 Å². The van der Waals surface area contributed by atoms with E-state index < -0.39 is 28.1 Å². The summed E-state index contributed by atoms with van der Waals surface area (Å²) in [6.45, 7) is 6.48. The maximum Gasteiger partial charge on any atom is 0.272 e. The Morgan fingerprint density at radius 2 is 1.56 bits per heavy atom. The molecule has 0 aromatic rings. The zero-order chi connectivity index (χ0) is 19.7. The number of halogens is 1. The third-order valence-electron chi connectivity index (χ3n) is 3.12. The lowest BCUT2D eigenvalue weighted by molar-refractivity contribution is -0.339. The van der Waals surface area contributed by atoms with Gasteiger partial charge >= 0.3 is 0 Å². The van der Waals surface area contributed by atoms with Gasteiger partial charge in [0.2, 0.25) is 0 Å². The molecule has 0 saturated carbocycles. The first kappa shape index (κ1) is 24.4. The largest absolute Gasteiger partial charge is 0.790 e. The van der Waals surface area contributed by atoms with Crippen LogP contribution in [-0.2, 0) is 18.0 Å². The van der Waals surface area contributed by atoms with Gasteiger partial charge in [-0.3, -0.25) is 8.88 Å². The summed E-state index contributed by atoms with van der Waals surface area (Å²) in [6, 6.07) is 0. The van der Waals surface area contributed by atoms with E-state index in [1.54, 1.807) is 0 Å². The molecule has 1 atom stereocenters. The van der Waals surface area contributed by atoms with Crippen LogP contribution in [-0.4, -0.2) is 6.61 Å². The van der Waals surface area contributed by atoms with Crippen LogP contribution < -0.4 is 14.7 Å². The Bertz CT molecular complexity index is 615. The molecule has 0 N–H and O–H groups in total. The Hall–Kier alpha value is -0.590. The fourth-order valence-electron chi connectivity index (χ4n) is 1.77. The van der Waals surface area contributed by atoms with E-state index in [2.05, 4.69) is 14.9 Å². The lowest BCUT2D eigenvalue weighted by Gasteiger charge is -2.34. The van der Waals surface area contributed by atoms with Crippen molar-refractivity contribution in [2.45, 2.75) is 53.4 Å². The van der Waals surface area contributed by atoms with Gasteiger partial charge in [0.25, 0.3) is 7.82 Å². The summed E-state index contributed by atoms with van der Waals surface area (Å²) in [7, 11) is -11.2. The fraction of sp³-hybridized carbons (Fsp3) is 0.600. The summed E-state index contributed by atoms with van der Waals surface area (Å²) in [6.07, 6.45) is 6.86. The number of phosphoric ester groups is 1. The van der Waals surface area contributed by atoms with Crippen molar-refractivity contribution in [2.75, 3.05) is 6.61 Å². The summed E-state index contributed by atoms with van der Waals surface area (Å²) in [5.41, 5.74) is 2.68. The summed E-state index contributed by atoms with van der Waals surface area (Å²) < 4.78 is 42.3. The Kier molecular flexibility index (Phi) is 10.9. The van der Waals surface area contributed by atoms with Crippen molar-refractivity contribution in [3.63, 3.8) is 0 Å². The number of phosphoric acid groups is 2. The Labute approximate surface area is 148 Å². The van der Waals surface area contributed by atoms with Crippen LogP contribution in [0.4, 0.5) is 4.39 Å². The van der Waals surface area contributed by atoms with Gasteiger partial charge in [0.15, 0.2) is 0 Å². The molecule has 0 aliphatic heterocycles. The normalized spacial score (nSPS) is 16.2. The molecule has 0 spiro atoms. The van der Waals surface area contributed by atoms with E-state index >= 15 is 0 Å². The van der Waals surface area contributed by atoms with Crippen LogP contribution in [0.1, 0.15) is 53.4 Å². The second kappa shape index (κ2) is 11.2. The Morgan fingerprint density at radius 3 is 2.08 bits per heavy atom. The van der Waals surface area contributed by atoms with E-state index in [9.17, 15) is 28.2 Å². The van der Waals surface area contributed by atoms with Crippen LogP contribution in [0.5, 0.6) is 0 Å². The van der Waals surface area contributed by atoms with Gasteiger partial charge in [0.1, 0.15) is 12.4 Å². The molecule has 0 rings (SSSR count). The van der Waals surface area contributed by atoms with Gasteiger partial charge in [0.05, 0.1) is 7.82 Å². The van der Waals surface area contributed by atoms with Crippen molar-refractivity contribution in [1.82, 2.24) is 0 Å². The minimum Gasteiger partial charge on any atom is -0.790 e. The molecular formula is C15H24FO7P2-3. The summed E-state index contributed by atoms with van der Waals surface area (Å²) in [5.74, 6) is -0.859. The average Bonchev–Trinajstić information content (AvgIpc) is 2.41. The topological polar surface area (TPSA) is 122 Å². The van der Waals surface area contributed by atoms with Crippen molar-refractivity contribution in [1.29, 1.82) is 0 Å². The molecule has 0 bridgehead atoms. The number of allylic oxidation sites excluding steroid dienone is 5. The maximum atomic E-state index is 13.8. The molecule has 0 aliphatic carbocycles. The SMILES string of the molecule is CC(C)=CCC/C(C)=C/CC/C(C)=C(\F)COP(=O)([O-])OP(=O)([O-])[O-]. The van der Waals surface area contributed by atoms with Crippen molar-refractivity contribution in [2.24, 2.45) is 0 Å². The Morgan fingerprint density at radius 1 is 1.00 bits per heavy atom. The number of hydrogen-bond acceptors (Lipinski definition) is 7. The van der Waals surface area contributed by atoms with E-state index in [0.29, 0.717) is 12.8 Å². The minimum absolute atomic E-state index is 0.265. The van der Waals surface area contributed by atoms with E-state index in [1.807, 2.05) is 26.8 Å². The van der Waals surface area contributed by atoms with Crippen LogP contribution >= 0.6 is 15.6 Å². The quantitative estimate of drug-likeness (QED) is 0.388. The molecule has 0 fully saturated rings. The third kappa shape index (κ3) is 14.3. The van der Waals surface area contributed by atoms with Gasteiger partial charge in [-0.2, -0.15) is 0 Å². The number of hydrogen-bond donors (Lipinski definition) is 0. The highest BCUT2D eigenvalue weighted by atomic mass is 31.3. The third-order valence-corrected chi connectivity index (χ3v) is 5.16. The molecule has 7 nitrogen and oxygen atoms in total. The second-order valence-electron chi connectivity index (χ2n) is 5.84. The molecule has 0 heterocycles. The molecule has 25 heavy (non-hydrogen) atoms. The molecule has 0 radical (unpaired) electrons. The maximum absolute atomic E-state index is 13.8. The fourth-order valence-corrected chi connectivity index (χ4v) is 3.21. The first-order valence-corrected chi connectivity index (χ1v) is 10.6. The monoisotopic (exact) mass is 397 g/mol. The van der Waals surface area contributed by atoms with Gasteiger partial charge in [-0.15, -0.1) is 0 Å². The highest BCUT2D eigenvalue weighted by Crippen LogP contribution is 2.50. The van der Waals surface area contributed by atoms with Crippen molar-refractivity contribution >= 4 is 15.6 Å².